The van der Waals surface area contributed by atoms with Crippen molar-refractivity contribution in [2.45, 2.75) is 51.7 Å². The Labute approximate surface area is 225 Å². The van der Waals surface area contributed by atoms with Gasteiger partial charge in [0.2, 0.25) is 5.88 Å². The molecule has 0 saturated carbocycles. The van der Waals surface area contributed by atoms with E-state index in [9.17, 15) is 4.79 Å². The van der Waals surface area contributed by atoms with E-state index in [0.717, 1.165) is 37.3 Å². The lowest BCUT2D eigenvalue weighted by Gasteiger charge is -2.36. The predicted molar refractivity (Wildman–Crippen MR) is 143 cm³/mol. The third-order valence-corrected chi connectivity index (χ3v) is 7.24. The number of aryl methyl sites for hydroxylation is 1. The number of halogens is 1. The van der Waals surface area contributed by atoms with E-state index >= 15 is 0 Å². The number of anilines is 3. The molecule has 38 heavy (non-hydrogen) atoms. The Bertz CT molecular complexity index is 1360. The van der Waals surface area contributed by atoms with Crippen LogP contribution in [0.15, 0.2) is 36.8 Å². The quantitative estimate of drug-likeness (QED) is 0.497. The van der Waals surface area contributed by atoms with E-state index in [1.165, 1.54) is 0 Å². The first-order chi connectivity index (χ1) is 18.3. The molecule has 200 valence electrons. The highest BCUT2D eigenvalue weighted by molar-refractivity contribution is 6.33. The summed E-state index contributed by atoms with van der Waals surface area (Å²) in [5.41, 5.74) is 2.84. The summed E-state index contributed by atoms with van der Waals surface area (Å²) >= 11 is 6.67. The second kappa shape index (κ2) is 9.72. The van der Waals surface area contributed by atoms with Crippen LogP contribution in [0.2, 0.25) is 5.02 Å². The average Bonchev–Trinajstić information content (AvgIpc) is 3.62. The summed E-state index contributed by atoms with van der Waals surface area (Å²) in [6.45, 7) is 8.82. The molecule has 12 heteroatoms. The molecule has 0 radical (unpaired) electrons. The summed E-state index contributed by atoms with van der Waals surface area (Å²) in [4.78, 5) is 26.8. The number of aromatic nitrogens is 4. The van der Waals surface area contributed by atoms with Crippen LogP contribution in [0, 0.1) is 0 Å². The summed E-state index contributed by atoms with van der Waals surface area (Å²) < 4.78 is 19.0. The summed E-state index contributed by atoms with van der Waals surface area (Å²) in [7, 11) is 0. The molecule has 3 aliphatic rings. The number of nitrogens with one attached hydrogen (secondary N) is 1. The molecule has 3 aromatic heterocycles. The zero-order valence-electron chi connectivity index (χ0n) is 21.6. The third-order valence-electron chi connectivity index (χ3n) is 6.95. The Kier molecular flexibility index (Phi) is 6.37. The molecule has 2 atom stereocenters. The molecule has 3 aliphatic heterocycles. The summed E-state index contributed by atoms with van der Waals surface area (Å²) in [5, 5.41) is 7.89. The van der Waals surface area contributed by atoms with Crippen molar-refractivity contribution in [3.8, 4) is 17.1 Å². The lowest BCUT2D eigenvalue weighted by molar-refractivity contribution is -0.141. The molecule has 1 N–H and O–H groups in total. The van der Waals surface area contributed by atoms with Gasteiger partial charge in [0.25, 0.3) is 0 Å². The van der Waals surface area contributed by atoms with Gasteiger partial charge in [0.05, 0.1) is 35.2 Å². The molecule has 0 unspecified atom stereocenters. The topological polar surface area (TPSA) is 107 Å². The Morgan fingerprint density at radius 2 is 2.21 bits per heavy atom. The first kappa shape index (κ1) is 24.9. The van der Waals surface area contributed by atoms with Crippen molar-refractivity contribution < 1.29 is 19.0 Å². The van der Waals surface area contributed by atoms with Gasteiger partial charge in [0, 0.05) is 49.3 Å². The minimum atomic E-state index is -0.619. The lowest BCUT2D eigenvalue weighted by atomic mass is 10.1. The maximum atomic E-state index is 13.7. The molecule has 2 saturated heterocycles. The number of rotatable bonds is 6. The number of fused-ring (bicyclic) bond motifs is 4. The van der Waals surface area contributed by atoms with Gasteiger partial charge >= 0.3 is 6.03 Å². The maximum Gasteiger partial charge on any atom is 0.327 e. The van der Waals surface area contributed by atoms with Crippen LogP contribution in [0.3, 0.4) is 0 Å². The van der Waals surface area contributed by atoms with Crippen LogP contribution in [-0.2, 0) is 16.0 Å². The predicted octanol–water partition coefficient (Wildman–Crippen LogP) is 4.17. The van der Waals surface area contributed by atoms with Crippen molar-refractivity contribution in [2.24, 2.45) is 0 Å². The van der Waals surface area contributed by atoms with E-state index in [4.69, 9.17) is 30.8 Å². The van der Waals surface area contributed by atoms with E-state index in [0.29, 0.717) is 41.3 Å². The lowest BCUT2D eigenvalue weighted by Crippen LogP contribution is -2.48. The molecule has 6 heterocycles. The van der Waals surface area contributed by atoms with Gasteiger partial charge in [-0.05, 0) is 39.3 Å². The second-order valence-corrected chi connectivity index (χ2v) is 10.5. The van der Waals surface area contributed by atoms with Gasteiger partial charge in [-0.3, -0.25) is 9.58 Å². The number of amides is 2. The van der Waals surface area contributed by atoms with Crippen molar-refractivity contribution in [1.82, 2.24) is 19.7 Å². The van der Waals surface area contributed by atoms with E-state index in [2.05, 4.69) is 20.3 Å². The monoisotopic (exact) mass is 539 g/mol. The van der Waals surface area contributed by atoms with Crippen LogP contribution < -0.4 is 19.9 Å². The first-order valence-corrected chi connectivity index (χ1v) is 13.2. The van der Waals surface area contributed by atoms with Crippen molar-refractivity contribution in [2.75, 3.05) is 41.4 Å². The van der Waals surface area contributed by atoms with Crippen LogP contribution in [0.4, 0.5) is 22.0 Å². The third kappa shape index (κ3) is 4.77. The number of hydrogen-bond acceptors (Lipinski definition) is 8. The van der Waals surface area contributed by atoms with Gasteiger partial charge in [0.1, 0.15) is 12.7 Å². The zero-order chi connectivity index (χ0) is 26.4. The fourth-order valence-electron chi connectivity index (χ4n) is 5.12. The fourth-order valence-corrected chi connectivity index (χ4v) is 5.38. The van der Waals surface area contributed by atoms with Crippen molar-refractivity contribution >= 4 is 34.8 Å². The van der Waals surface area contributed by atoms with Crippen LogP contribution in [0.1, 0.15) is 27.2 Å². The van der Waals surface area contributed by atoms with Gasteiger partial charge in [-0.15, -0.1) is 0 Å². The van der Waals surface area contributed by atoms with Gasteiger partial charge in [-0.25, -0.2) is 14.8 Å². The fraction of sp³-hybridized carbons (Fsp3) is 0.462. The molecule has 0 aliphatic carbocycles. The number of hydrogen-bond donors (Lipinski definition) is 1. The second-order valence-electron chi connectivity index (χ2n) is 10.1. The highest BCUT2D eigenvalue weighted by Gasteiger charge is 2.41. The van der Waals surface area contributed by atoms with E-state index in [1.54, 1.807) is 29.4 Å². The van der Waals surface area contributed by atoms with E-state index in [-0.39, 0.29) is 18.2 Å². The molecule has 2 bridgehead atoms. The molecule has 2 amide bonds. The van der Waals surface area contributed by atoms with E-state index in [1.807, 2.05) is 37.7 Å². The normalized spacial score (nSPS) is 21.5. The zero-order valence-corrected chi connectivity index (χ0v) is 22.3. The Morgan fingerprint density at radius 3 is 2.97 bits per heavy atom. The Hall–Kier alpha value is -3.41. The number of pyridine rings is 2. The molecule has 3 aromatic rings. The minimum Gasteiger partial charge on any atom is -0.475 e. The Morgan fingerprint density at radius 1 is 1.34 bits per heavy atom. The summed E-state index contributed by atoms with van der Waals surface area (Å²) in [6, 6.07) is 5.06. The maximum absolute atomic E-state index is 13.7. The molecule has 0 aromatic carbocycles. The molecular weight excluding hydrogens is 510 g/mol. The highest BCUT2D eigenvalue weighted by atomic mass is 35.5. The minimum absolute atomic E-state index is 0.00261. The van der Waals surface area contributed by atoms with Gasteiger partial charge in [-0.1, -0.05) is 11.6 Å². The molecule has 0 spiro atoms. The molecule has 6 rings (SSSR count). The van der Waals surface area contributed by atoms with Crippen LogP contribution in [0.25, 0.3) is 11.3 Å². The largest absolute Gasteiger partial charge is 0.475 e. The van der Waals surface area contributed by atoms with Crippen molar-refractivity contribution in [3.05, 3.63) is 41.8 Å². The van der Waals surface area contributed by atoms with E-state index < -0.39 is 5.79 Å². The molecule has 11 nitrogen and oxygen atoms in total. The molecule has 2 fully saturated rings. The van der Waals surface area contributed by atoms with Crippen molar-refractivity contribution in [1.29, 1.82) is 0 Å². The molecular formula is C26H30ClN7O4. The van der Waals surface area contributed by atoms with Crippen LogP contribution in [-0.4, -0.2) is 70.0 Å². The van der Waals surface area contributed by atoms with Gasteiger partial charge in [0.15, 0.2) is 11.6 Å². The summed E-state index contributed by atoms with van der Waals surface area (Å²) in [6.07, 6.45) is 5.91. The van der Waals surface area contributed by atoms with Crippen molar-refractivity contribution in [3.63, 3.8) is 0 Å². The standard InChI is InChI=1S/C26H30ClN7O4/c1-4-33-12-16(11-29-33)23-20(27)10-21-24(31-23)34(18-6-8-32(21)13-18)25(35)30-17-5-7-28-22(9-17)36-14-19-15-37-26(2,3)38-19/h5,7,9-12,18-19H,4,6,8,13-15H2,1-3H3,(H,28,30,35)/t18-,19+/m0/s1. The van der Waals surface area contributed by atoms with Crippen LogP contribution in [0.5, 0.6) is 5.88 Å². The van der Waals surface area contributed by atoms with Gasteiger partial charge in [-0.2, -0.15) is 5.10 Å². The number of carbonyl (C=O) groups excluding carboxylic acids is 1. The highest BCUT2D eigenvalue weighted by Crippen LogP contribution is 2.43. The number of urea groups is 1. The first-order valence-electron chi connectivity index (χ1n) is 12.8. The summed E-state index contributed by atoms with van der Waals surface area (Å²) in [5.74, 6) is 0.362. The Balaban J connectivity index is 1.22. The average molecular weight is 540 g/mol. The van der Waals surface area contributed by atoms with Crippen LogP contribution >= 0.6 is 11.6 Å². The SMILES string of the molecule is CCn1cc(-c2nc3c(cc2Cl)N2CC[C@@H](C2)N3C(=O)Nc2ccnc(OC[C@@H]3COC(C)(C)O3)c2)cn1. The smallest absolute Gasteiger partial charge is 0.327 e. The van der Waals surface area contributed by atoms with Gasteiger partial charge < -0.3 is 24.4 Å². The number of ether oxygens (including phenoxy) is 3. The number of carbonyl (C=O) groups is 1. The number of nitrogens with zero attached hydrogens (tertiary/aromatic N) is 6.